The predicted molar refractivity (Wildman–Crippen MR) is 39.0 cm³/mol. The molecule has 0 spiro atoms. The molecular weight excluding hydrogens is 196 g/mol. The standard InChI is InChI=1S/C7H5FNSe/c8-6-3-1-5(2-4-6)7(9)10/h1-4,9H. The van der Waals surface area contributed by atoms with Gasteiger partial charge < -0.3 is 0 Å². The molecular formula is C7H5FNSe. The zero-order valence-corrected chi connectivity index (χ0v) is 6.81. The molecule has 0 aliphatic rings. The molecule has 0 aromatic heterocycles. The van der Waals surface area contributed by atoms with E-state index in [2.05, 4.69) is 16.0 Å². The first-order valence-electron chi connectivity index (χ1n) is 2.71. The number of hydrogen-bond donors (Lipinski definition) is 1. The first-order valence-corrected chi connectivity index (χ1v) is 3.57. The van der Waals surface area contributed by atoms with Gasteiger partial charge in [-0.2, -0.15) is 0 Å². The van der Waals surface area contributed by atoms with E-state index >= 15 is 0 Å². The van der Waals surface area contributed by atoms with Crippen LogP contribution in [0.2, 0.25) is 0 Å². The fraction of sp³-hybridized carbons (Fsp3) is 0. The summed E-state index contributed by atoms with van der Waals surface area (Å²) in [5.41, 5.74) is 0.710. The van der Waals surface area contributed by atoms with Gasteiger partial charge in [-0.05, 0) is 0 Å². The molecule has 0 heterocycles. The topological polar surface area (TPSA) is 23.9 Å². The van der Waals surface area contributed by atoms with E-state index in [9.17, 15) is 4.39 Å². The molecule has 0 saturated heterocycles. The van der Waals surface area contributed by atoms with Crippen molar-refractivity contribution < 1.29 is 4.39 Å². The first-order chi connectivity index (χ1) is 4.70. The molecule has 10 heavy (non-hydrogen) atoms. The van der Waals surface area contributed by atoms with E-state index in [1.54, 1.807) is 12.1 Å². The maximum atomic E-state index is 12.3. The van der Waals surface area contributed by atoms with Crippen LogP contribution in [0.25, 0.3) is 0 Å². The van der Waals surface area contributed by atoms with Crippen LogP contribution in [0.3, 0.4) is 0 Å². The van der Waals surface area contributed by atoms with Gasteiger partial charge in [0.2, 0.25) is 0 Å². The van der Waals surface area contributed by atoms with E-state index in [0.29, 0.717) is 10.2 Å². The van der Waals surface area contributed by atoms with E-state index in [0.717, 1.165) is 0 Å². The van der Waals surface area contributed by atoms with Crippen molar-refractivity contribution in [2.75, 3.05) is 0 Å². The fourth-order valence-corrected chi connectivity index (χ4v) is 0.887. The second-order valence-corrected chi connectivity index (χ2v) is 2.69. The van der Waals surface area contributed by atoms with Gasteiger partial charge in [0.05, 0.1) is 0 Å². The summed E-state index contributed by atoms with van der Waals surface area (Å²) >= 11 is 2.54. The van der Waals surface area contributed by atoms with Gasteiger partial charge in [-0.25, -0.2) is 0 Å². The Morgan fingerprint density at radius 3 is 2.20 bits per heavy atom. The van der Waals surface area contributed by atoms with E-state index in [1.165, 1.54) is 12.1 Å². The van der Waals surface area contributed by atoms with Crippen molar-refractivity contribution in [3.63, 3.8) is 0 Å². The van der Waals surface area contributed by atoms with Crippen LogP contribution in [0.5, 0.6) is 0 Å². The van der Waals surface area contributed by atoms with Crippen LogP contribution in [-0.2, 0) is 0 Å². The normalized spacial score (nSPS) is 9.30. The summed E-state index contributed by atoms with van der Waals surface area (Å²) in [4.78, 5) is 0. The molecule has 3 heteroatoms. The summed E-state index contributed by atoms with van der Waals surface area (Å²) in [5, 5.41) is 7.13. The van der Waals surface area contributed by atoms with Crippen molar-refractivity contribution in [3.05, 3.63) is 35.6 Å². The van der Waals surface area contributed by atoms with Gasteiger partial charge in [-0.15, -0.1) is 0 Å². The summed E-state index contributed by atoms with van der Waals surface area (Å²) in [6.45, 7) is 0. The summed E-state index contributed by atoms with van der Waals surface area (Å²) in [7, 11) is 0. The predicted octanol–water partition coefficient (Wildman–Crippen LogP) is 1.32. The number of halogens is 1. The molecule has 0 amide bonds. The van der Waals surface area contributed by atoms with Crippen LogP contribution in [0, 0.1) is 11.2 Å². The Bertz CT molecular complexity index is 242. The molecule has 0 saturated carbocycles. The van der Waals surface area contributed by atoms with Crippen LogP contribution in [0.1, 0.15) is 5.56 Å². The third-order valence-electron chi connectivity index (χ3n) is 1.11. The molecule has 0 bridgehead atoms. The third-order valence-corrected chi connectivity index (χ3v) is 1.60. The van der Waals surface area contributed by atoms with Crippen LogP contribution < -0.4 is 0 Å². The number of rotatable bonds is 1. The minimum absolute atomic E-state index is 0.273. The van der Waals surface area contributed by atoms with Gasteiger partial charge in [-0.1, -0.05) is 0 Å². The molecule has 1 N–H and O–H groups in total. The van der Waals surface area contributed by atoms with Gasteiger partial charge in [0.1, 0.15) is 0 Å². The fourth-order valence-electron chi connectivity index (χ4n) is 0.601. The summed E-state index contributed by atoms with van der Waals surface area (Å²) in [6, 6.07) is 5.80. The van der Waals surface area contributed by atoms with Crippen LogP contribution in [0.15, 0.2) is 24.3 Å². The van der Waals surface area contributed by atoms with Crippen molar-refractivity contribution in [3.8, 4) is 0 Å². The molecule has 1 radical (unpaired) electrons. The Labute approximate surface area is 66.6 Å². The van der Waals surface area contributed by atoms with Gasteiger partial charge in [-0.3, -0.25) is 0 Å². The number of benzene rings is 1. The van der Waals surface area contributed by atoms with E-state index in [1.807, 2.05) is 0 Å². The molecule has 0 fully saturated rings. The molecule has 1 aromatic rings. The molecule has 51 valence electrons. The van der Waals surface area contributed by atoms with Crippen LogP contribution in [-0.4, -0.2) is 20.6 Å². The monoisotopic (exact) mass is 202 g/mol. The summed E-state index contributed by atoms with van der Waals surface area (Å²) in [5.74, 6) is -0.273. The Kier molecular flexibility index (Phi) is 2.20. The van der Waals surface area contributed by atoms with Crippen molar-refractivity contribution in [2.24, 2.45) is 0 Å². The quantitative estimate of drug-likeness (QED) is 0.523. The zero-order valence-electron chi connectivity index (χ0n) is 5.10. The van der Waals surface area contributed by atoms with Gasteiger partial charge >= 0.3 is 66.1 Å². The average Bonchev–Trinajstić information content (AvgIpc) is 1.88. The molecule has 1 rings (SSSR count). The molecule has 0 aliphatic heterocycles. The average molecular weight is 201 g/mol. The molecule has 0 unspecified atom stereocenters. The Morgan fingerprint density at radius 2 is 1.80 bits per heavy atom. The molecule has 0 atom stereocenters. The molecule has 0 aliphatic carbocycles. The number of nitrogens with one attached hydrogen (secondary N) is 1. The van der Waals surface area contributed by atoms with Crippen molar-refractivity contribution in [2.45, 2.75) is 0 Å². The van der Waals surface area contributed by atoms with Crippen molar-refractivity contribution >= 4 is 20.6 Å². The Hall–Kier alpha value is -0.661. The van der Waals surface area contributed by atoms with E-state index in [4.69, 9.17) is 5.41 Å². The molecule has 1 aromatic carbocycles. The second-order valence-electron chi connectivity index (χ2n) is 1.84. The minimum atomic E-state index is -0.273. The summed E-state index contributed by atoms with van der Waals surface area (Å²) < 4.78 is 12.6. The first kappa shape index (κ1) is 7.45. The second kappa shape index (κ2) is 2.95. The third kappa shape index (κ3) is 1.66. The maximum absolute atomic E-state index is 12.3. The van der Waals surface area contributed by atoms with Gasteiger partial charge in [0, 0.05) is 0 Å². The zero-order chi connectivity index (χ0) is 7.56. The number of hydrogen-bond acceptors (Lipinski definition) is 1. The van der Waals surface area contributed by atoms with Gasteiger partial charge in [0.25, 0.3) is 0 Å². The Morgan fingerprint density at radius 1 is 1.30 bits per heavy atom. The SMILES string of the molecule is N=C([Se])c1ccc(F)cc1. The van der Waals surface area contributed by atoms with Crippen LogP contribution in [0.4, 0.5) is 4.39 Å². The van der Waals surface area contributed by atoms with Crippen LogP contribution >= 0.6 is 0 Å². The van der Waals surface area contributed by atoms with Gasteiger partial charge in [0.15, 0.2) is 0 Å². The van der Waals surface area contributed by atoms with E-state index in [-0.39, 0.29) is 5.82 Å². The van der Waals surface area contributed by atoms with E-state index < -0.39 is 0 Å². The Balaban J connectivity index is 3.00. The van der Waals surface area contributed by atoms with Crippen molar-refractivity contribution in [1.29, 1.82) is 5.41 Å². The van der Waals surface area contributed by atoms with Crippen molar-refractivity contribution in [1.82, 2.24) is 0 Å². The summed E-state index contributed by atoms with van der Waals surface area (Å²) in [6.07, 6.45) is 0. The molecule has 1 nitrogen and oxygen atoms in total.